The molecule has 1 aliphatic rings. The second-order valence-corrected chi connectivity index (χ2v) is 6.66. The van der Waals surface area contributed by atoms with Gasteiger partial charge in [-0.05, 0) is 18.2 Å². The molecule has 0 radical (unpaired) electrons. The molecule has 25 heavy (non-hydrogen) atoms. The maximum atomic E-state index is 12.6. The molecule has 1 aliphatic heterocycles. The summed E-state index contributed by atoms with van der Waals surface area (Å²) in [6, 6.07) is 15.1. The van der Waals surface area contributed by atoms with Crippen LogP contribution in [-0.2, 0) is 9.59 Å². The highest BCUT2D eigenvalue weighted by molar-refractivity contribution is 8.00. The van der Waals surface area contributed by atoms with E-state index in [4.69, 9.17) is 4.74 Å². The molecular formula is C19H20N2O3S. The average molecular weight is 356 g/mol. The first-order valence-electron chi connectivity index (χ1n) is 8.11. The van der Waals surface area contributed by atoms with Crippen LogP contribution in [0.3, 0.4) is 0 Å². The first kappa shape index (κ1) is 17.4. The number of amides is 2. The number of hydrogen-bond donors (Lipinski definition) is 1. The molecule has 130 valence electrons. The van der Waals surface area contributed by atoms with E-state index in [0.29, 0.717) is 17.9 Å². The molecule has 2 amide bonds. The summed E-state index contributed by atoms with van der Waals surface area (Å²) in [6.07, 6.45) is 0.404. The van der Waals surface area contributed by atoms with Gasteiger partial charge in [0.1, 0.15) is 11.1 Å². The second kappa shape index (κ2) is 7.61. The quantitative estimate of drug-likeness (QED) is 0.885. The summed E-state index contributed by atoms with van der Waals surface area (Å²) in [5, 5.41) is 2.72. The zero-order valence-corrected chi connectivity index (χ0v) is 15.0. The Labute approximate surface area is 151 Å². The Kier molecular flexibility index (Phi) is 5.28. The summed E-state index contributed by atoms with van der Waals surface area (Å²) in [6.45, 7) is 1.81. The molecule has 0 aromatic heterocycles. The summed E-state index contributed by atoms with van der Waals surface area (Å²) >= 11 is 1.54. The van der Waals surface area contributed by atoms with E-state index in [1.54, 1.807) is 23.8 Å². The predicted octanol–water partition coefficient (Wildman–Crippen LogP) is 3.82. The largest absolute Gasteiger partial charge is 0.495 e. The third-order valence-electron chi connectivity index (χ3n) is 4.03. The molecule has 1 N–H and O–H groups in total. The Balaban J connectivity index is 2.02. The van der Waals surface area contributed by atoms with E-state index < -0.39 is 0 Å². The van der Waals surface area contributed by atoms with Gasteiger partial charge in [-0.15, -0.1) is 11.8 Å². The van der Waals surface area contributed by atoms with Crippen LogP contribution in [-0.4, -0.2) is 24.7 Å². The summed E-state index contributed by atoms with van der Waals surface area (Å²) < 4.78 is 5.43. The van der Waals surface area contributed by atoms with Gasteiger partial charge < -0.3 is 10.1 Å². The van der Waals surface area contributed by atoms with Gasteiger partial charge in [0.2, 0.25) is 11.8 Å². The Hall–Kier alpha value is -2.47. The number of para-hydroxylation sites is 3. The van der Waals surface area contributed by atoms with Crippen LogP contribution < -0.4 is 15.0 Å². The maximum absolute atomic E-state index is 12.6. The number of nitrogens with zero attached hydrogens (tertiary/aromatic N) is 1. The highest BCUT2D eigenvalue weighted by Gasteiger charge is 2.36. The van der Waals surface area contributed by atoms with Crippen LogP contribution in [0, 0.1) is 0 Å². The molecule has 1 fully saturated rings. The van der Waals surface area contributed by atoms with Crippen LogP contribution in [0.4, 0.5) is 11.4 Å². The average Bonchev–Trinajstić information content (AvgIpc) is 3.03. The number of anilines is 2. The monoisotopic (exact) mass is 356 g/mol. The van der Waals surface area contributed by atoms with E-state index in [-0.39, 0.29) is 17.2 Å². The lowest BCUT2D eigenvalue weighted by molar-refractivity contribution is -0.116. The van der Waals surface area contributed by atoms with E-state index in [0.717, 1.165) is 16.9 Å². The van der Waals surface area contributed by atoms with Crippen LogP contribution >= 0.6 is 11.8 Å². The summed E-state index contributed by atoms with van der Waals surface area (Å²) in [5.41, 5.74) is 2.38. The first-order chi connectivity index (χ1) is 12.2. The summed E-state index contributed by atoms with van der Waals surface area (Å²) in [4.78, 5) is 26.2. The highest BCUT2D eigenvalue weighted by Crippen LogP contribution is 2.46. The van der Waals surface area contributed by atoms with E-state index in [1.165, 1.54) is 0 Å². The van der Waals surface area contributed by atoms with Gasteiger partial charge in [-0.25, -0.2) is 0 Å². The number of hydrogen-bond acceptors (Lipinski definition) is 4. The van der Waals surface area contributed by atoms with Crippen molar-refractivity contribution >= 4 is 35.0 Å². The molecule has 5 nitrogen and oxygen atoms in total. The van der Waals surface area contributed by atoms with Crippen molar-refractivity contribution in [2.45, 2.75) is 18.7 Å². The van der Waals surface area contributed by atoms with Crippen molar-refractivity contribution in [2.24, 2.45) is 0 Å². The molecule has 1 atom stereocenters. The number of carbonyl (C=O) groups excluding carboxylic acids is 2. The SMILES string of the molecule is CCC(=O)Nc1ccccc1[C@H]1SCC(=O)N1c1ccccc1OC. The number of ether oxygens (including phenoxy) is 1. The fraction of sp³-hybridized carbons (Fsp3) is 0.263. The maximum Gasteiger partial charge on any atom is 0.238 e. The van der Waals surface area contributed by atoms with E-state index >= 15 is 0 Å². The molecule has 6 heteroatoms. The standard InChI is InChI=1S/C19H20N2O3S/c1-3-17(22)20-14-9-5-4-8-13(14)19-21(18(23)12-25-19)15-10-6-7-11-16(15)24-2/h4-11,19H,3,12H2,1-2H3,(H,20,22)/t19-/m1/s1. The third-order valence-corrected chi connectivity index (χ3v) is 5.23. The van der Waals surface area contributed by atoms with Crippen molar-refractivity contribution < 1.29 is 14.3 Å². The molecule has 2 aromatic rings. The van der Waals surface area contributed by atoms with Gasteiger partial charge >= 0.3 is 0 Å². The molecule has 1 saturated heterocycles. The van der Waals surface area contributed by atoms with Crippen molar-refractivity contribution in [1.29, 1.82) is 0 Å². The van der Waals surface area contributed by atoms with Crippen molar-refractivity contribution in [3.05, 3.63) is 54.1 Å². The van der Waals surface area contributed by atoms with E-state index in [1.807, 2.05) is 55.5 Å². The molecule has 0 bridgehead atoms. The molecule has 2 aromatic carbocycles. The topological polar surface area (TPSA) is 58.6 Å². The Morgan fingerprint density at radius 3 is 2.72 bits per heavy atom. The summed E-state index contributed by atoms with van der Waals surface area (Å²) in [5.74, 6) is 1.01. The molecule has 3 rings (SSSR count). The fourth-order valence-corrected chi connectivity index (χ4v) is 4.01. The van der Waals surface area contributed by atoms with Crippen molar-refractivity contribution in [1.82, 2.24) is 0 Å². The van der Waals surface area contributed by atoms with Gasteiger partial charge in [-0.2, -0.15) is 0 Å². The van der Waals surface area contributed by atoms with Gasteiger partial charge in [-0.1, -0.05) is 37.3 Å². The molecule has 0 saturated carbocycles. The Morgan fingerprint density at radius 2 is 1.96 bits per heavy atom. The van der Waals surface area contributed by atoms with Gasteiger partial charge in [0.25, 0.3) is 0 Å². The van der Waals surface area contributed by atoms with Crippen molar-refractivity contribution in [2.75, 3.05) is 23.1 Å². The van der Waals surface area contributed by atoms with Gasteiger partial charge in [-0.3, -0.25) is 14.5 Å². The predicted molar refractivity (Wildman–Crippen MR) is 101 cm³/mol. The van der Waals surface area contributed by atoms with Gasteiger partial charge in [0, 0.05) is 17.7 Å². The molecular weight excluding hydrogens is 336 g/mol. The number of rotatable bonds is 5. The molecule has 1 heterocycles. The lowest BCUT2D eigenvalue weighted by Gasteiger charge is -2.27. The summed E-state index contributed by atoms with van der Waals surface area (Å²) in [7, 11) is 1.59. The molecule has 0 spiro atoms. The fourth-order valence-electron chi connectivity index (χ4n) is 2.81. The number of carbonyl (C=O) groups is 2. The Morgan fingerprint density at radius 1 is 1.24 bits per heavy atom. The lowest BCUT2D eigenvalue weighted by Crippen LogP contribution is -2.28. The van der Waals surface area contributed by atoms with Gasteiger partial charge in [0.15, 0.2) is 0 Å². The van der Waals surface area contributed by atoms with Crippen LogP contribution in [0.1, 0.15) is 24.3 Å². The normalized spacial score (nSPS) is 16.8. The van der Waals surface area contributed by atoms with Crippen molar-refractivity contribution in [3.63, 3.8) is 0 Å². The minimum Gasteiger partial charge on any atom is -0.495 e. The first-order valence-corrected chi connectivity index (χ1v) is 9.16. The van der Waals surface area contributed by atoms with Crippen LogP contribution in [0.25, 0.3) is 0 Å². The number of nitrogens with one attached hydrogen (secondary N) is 1. The van der Waals surface area contributed by atoms with Crippen molar-refractivity contribution in [3.8, 4) is 5.75 Å². The highest BCUT2D eigenvalue weighted by atomic mass is 32.2. The zero-order chi connectivity index (χ0) is 17.8. The minimum absolute atomic E-state index is 0.0242. The zero-order valence-electron chi connectivity index (χ0n) is 14.2. The minimum atomic E-state index is -0.211. The second-order valence-electron chi connectivity index (χ2n) is 5.59. The number of thioether (sulfide) groups is 1. The van der Waals surface area contributed by atoms with Gasteiger partial charge in [0.05, 0.1) is 18.6 Å². The number of benzene rings is 2. The Bertz CT molecular complexity index is 794. The lowest BCUT2D eigenvalue weighted by atomic mass is 10.1. The van der Waals surface area contributed by atoms with Crippen LogP contribution in [0.15, 0.2) is 48.5 Å². The molecule has 0 aliphatic carbocycles. The van der Waals surface area contributed by atoms with E-state index in [9.17, 15) is 9.59 Å². The third kappa shape index (κ3) is 3.49. The smallest absolute Gasteiger partial charge is 0.238 e. The van der Waals surface area contributed by atoms with Crippen LogP contribution in [0.5, 0.6) is 5.75 Å². The number of methoxy groups -OCH3 is 1. The van der Waals surface area contributed by atoms with Crippen LogP contribution in [0.2, 0.25) is 0 Å². The molecule has 0 unspecified atom stereocenters. The van der Waals surface area contributed by atoms with E-state index in [2.05, 4.69) is 5.32 Å².